The van der Waals surface area contributed by atoms with E-state index >= 15 is 0 Å². The Labute approximate surface area is 68.7 Å². The van der Waals surface area contributed by atoms with Crippen molar-refractivity contribution < 1.29 is 5.11 Å². The van der Waals surface area contributed by atoms with Gasteiger partial charge in [0, 0.05) is 6.61 Å². The van der Waals surface area contributed by atoms with Crippen molar-refractivity contribution in [1.82, 2.24) is 0 Å². The van der Waals surface area contributed by atoms with Crippen LogP contribution in [-0.2, 0) is 0 Å². The third kappa shape index (κ3) is 7.07. The largest absolute Gasteiger partial charge is 0.396 e. The van der Waals surface area contributed by atoms with Crippen LogP contribution in [0, 0.1) is 0 Å². The highest BCUT2D eigenvalue weighted by molar-refractivity contribution is 5.17. The van der Waals surface area contributed by atoms with E-state index in [2.05, 4.69) is 13.2 Å². The molecule has 0 amide bonds. The highest BCUT2D eigenvalue weighted by Crippen LogP contribution is 2.05. The van der Waals surface area contributed by atoms with Gasteiger partial charge in [-0.15, -0.1) is 0 Å². The van der Waals surface area contributed by atoms with Gasteiger partial charge in [-0.05, 0) is 19.3 Å². The van der Waals surface area contributed by atoms with Gasteiger partial charge in [0.25, 0.3) is 0 Å². The fourth-order valence-electron chi connectivity index (χ4n) is 0.751. The van der Waals surface area contributed by atoms with Crippen molar-refractivity contribution in [2.75, 3.05) is 6.61 Å². The average Bonchev–Trinajstić information content (AvgIpc) is 2.01. The standard InChI is InChI=1S/C10H16O/c1-3-4-7-10(2)8-5-6-9-11/h3-4,7,11H,1-2,5-6,8-9H2/b7-4-. The molecule has 0 aliphatic heterocycles. The van der Waals surface area contributed by atoms with E-state index in [9.17, 15) is 0 Å². The molecule has 0 aliphatic rings. The first kappa shape index (κ1) is 10.2. The van der Waals surface area contributed by atoms with Crippen LogP contribution in [0.5, 0.6) is 0 Å². The van der Waals surface area contributed by atoms with Crippen LogP contribution < -0.4 is 0 Å². The molecule has 0 fully saturated rings. The van der Waals surface area contributed by atoms with Crippen LogP contribution >= 0.6 is 0 Å². The number of aliphatic hydroxyl groups is 1. The molecule has 0 aliphatic carbocycles. The Hall–Kier alpha value is -0.820. The van der Waals surface area contributed by atoms with Crippen molar-refractivity contribution in [3.63, 3.8) is 0 Å². The van der Waals surface area contributed by atoms with Gasteiger partial charge in [0.05, 0.1) is 0 Å². The Balaban J connectivity index is 3.37. The molecule has 62 valence electrons. The zero-order chi connectivity index (χ0) is 8.53. The molecule has 1 N–H and O–H groups in total. The van der Waals surface area contributed by atoms with Gasteiger partial charge in [-0.3, -0.25) is 0 Å². The van der Waals surface area contributed by atoms with E-state index in [0.717, 1.165) is 24.8 Å². The molecule has 1 heteroatoms. The quantitative estimate of drug-likeness (QED) is 0.458. The van der Waals surface area contributed by atoms with E-state index in [1.165, 1.54) is 0 Å². The second kappa shape index (κ2) is 7.29. The second-order valence-electron chi connectivity index (χ2n) is 2.43. The fourth-order valence-corrected chi connectivity index (χ4v) is 0.751. The molecule has 0 atom stereocenters. The summed E-state index contributed by atoms with van der Waals surface area (Å²) in [6.07, 6.45) is 8.39. The monoisotopic (exact) mass is 152 g/mol. The predicted octanol–water partition coefficient (Wildman–Crippen LogP) is 2.45. The molecular weight excluding hydrogens is 136 g/mol. The van der Waals surface area contributed by atoms with Gasteiger partial charge in [-0.2, -0.15) is 0 Å². The molecule has 0 unspecified atom stereocenters. The lowest BCUT2D eigenvalue weighted by atomic mass is 10.1. The number of unbranched alkanes of at least 4 members (excludes halogenated alkanes) is 1. The van der Waals surface area contributed by atoms with Crippen LogP contribution in [0.3, 0.4) is 0 Å². The summed E-state index contributed by atoms with van der Waals surface area (Å²) >= 11 is 0. The van der Waals surface area contributed by atoms with Crippen molar-refractivity contribution in [1.29, 1.82) is 0 Å². The normalized spacial score (nSPS) is 10.3. The molecule has 0 spiro atoms. The molecule has 0 radical (unpaired) electrons. The van der Waals surface area contributed by atoms with Crippen molar-refractivity contribution in [3.05, 3.63) is 37.0 Å². The van der Waals surface area contributed by atoms with Gasteiger partial charge < -0.3 is 5.11 Å². The summed E-state index contributed by atoms with van der Waals surface area (Å²) in [5.74, 6) is 0. The molecule has 0 aromatic heterocycles. The summed E-state index contributed by atoms with van der Waals surface area (Å²) in [6, 6.07) is 0. The molecule has 1 nitrogen and oxygen atoms in total. The van der Waals surface area contributed by atoms with Crippen molar-refractivity contribution in [2.45, 2.75) is 19.3 Å². The minimum absolute atomic E-state index is 0.276. The van der Waals surface area contributed by atoms with Gasteiger partial charge in [-0.1, -0.05) is 37.0 Å². The van der Waals surface area contributed by atoms with Gasteiger partial charge in [0.15, 0.2) is 0 Å². The maximum atomic E-state index is 8.49. The molecule has 0 saturated heterocycles. The maximum absolute atomic E-state index is 8.49. The van der Waals surface area contributed by atoms with E-state index < -0.39 is 0 Å². The zero-order valence-corrected chi connectivity index (χ0v) is 6.92. The summed E-state index contributed by atoms with van der Waals surface area (Å²) in [7, 11) is 0. The van der Waals surface area contributed by atoms with Crippen molar-refractivity contribution >= 4 is 0 Å². The van der Waals surface area contributed by atoms with Gasteiger partial charge in [-0.25, -0.2) is 0 Å². The average molecular weight is 152 g/mol. The van der Waals surface area contributed by atoms with Crippen molar-refractivity contribution in [3.8, 4) is 0 Å². The van der Waals surface area contributed by atoms with E-state index in [1.54, 1.807) is 6.08 Å². The molecule has 0 aromatic rings. The van der Waals surface area contributed by atoms with Gasteiger partial charge in [0.1, 0.15) is 0 Å². The van der Waals surface area contributed by atoms with Crippen LogP contribution in [-0.4, -0.2) is 11.7 Å². The molecule has 0 rings (SSSR count). The lowest BCUT2D eigenvalue weighted by molar-refractivity contribution is 0.285. The van der Waals surface area contributed by atoms with Crippen LogP contribution in [0.4, 0.5) is 0 Å². The number of aliphatic hydroxyl groups excluding tert-OH is 1. The van der Waals surface area contributed by atoms with Crippen molar-refractivity contribution in [2.24, 2.45) is 0 Å². The zero-order valence-electron chi connectivity index (χ0n) is 6.92. The molecule has 0 saturated carbocycles. The second-order valence-corrected chi connectivity index (χ2v) is 2.43. The first-order chi connectivity index (χ1) is 5.31. The Morgan fingerprint density at radius 2 is 2.09 bits per heavy atom. The lowest BCUT2D eigenvalue weighted by Gasteiger charge is -1.96. The van der Waals surface area contributed by atoms with E-state index in [0.29, 0.717) is 0 Å². The molecule has 0 heterocycles. The Morgan fingerprint density at radius 3 is 2.64 bits per heavy atom. The first-order valence-corrected chi connectivity index (χ1v) is 3.89. The van der Waals surface area contributed by atoms with Gasteiger partial charge in [0.2, 0.25) is 0 Å². The third-order valence-electron chi connectivity index (χ3n) is 1.37. The van der Waals surface area contributed by atoms with Crippen LogP contribution in [0.1, 0.15) is 19.3 Å². The van der Waals surface area contributed by atoms with Crippen LogP contribution in [0.15, 0.2) is 37.0 Å². The minimum Gasteiger partial charge on any atom is -0.396 e. The van der Waals surface area contributed by atoms with Crippen LogP contribution in [0.25, 0.3) is 0 Å². The topological polar surface area (TPSA) is 20.2 Å². The summed E-state index contributed by atoms with van der Waals surface area (Å²) in [4.78, 5) is 0. The van der Waals surface area contributed by atoms with Crippen LogP contribution in [0.2, 0.25) is 0 Å². The third-order valence-corrected chi connectivity index (χ3v) is 1.37. The number of allylic oxidation sites excluding steroid dienone is 4. The Bertz CT molecular complexity index is 145. The Kier molecular flexibility index (Phi) is 6.75. The summed E-state index contributed by atoms with van der Waals surface area (Å²) in [5, 5.41) is 8.49. The number of rotatable bonds is 6. The first-order valence-electron chi connectivity index (χ1n) is 3.89. The smallest absolute Gasteiger partial charge is 0.0431 e. The Morgan fingerprint density at radius 1 is 1.36 bits per heavy atom. The van der Waals surface area contributed by atoms with E-state index in [-0.39, 0.29) is 6.61 Å². The summed E-state index contributed by atoms with van der Waals surface area (Å²) in [6.45, 7) is 7.69. The van der Waals surface area contributed by atoms with Gasteiger partial charge >= 0.3 is 0 Å². The summed E-state index contributed by atoms with van der Waals surface area (Å²) < 4.78 is 0. The lowest BCUT2D eigenvalue weighted by Crippen LogP contribution is -1.83. The van der Waals surface area contributed by atoms with E-state index in [4.69, 9.17) is 5.11 Å². The predicted molar refractivity (Wildman–Crippen MR) is 49.4 cm³/mol. The number of hydrogen-bond donors (Lipinski definition) is 1. The molecule has 11 heavy (non-hydrogen) atoms. The maximum Gasteiger partial charge on any atom is 0.0431 e. The number of hydrogen-bond acceptors (Lipinski definition) is 1. The fraction of sp³-hybridized carbons (Fsp3) is 0.400. The molecule has 0 bridgehead atoms. The SMILES string of the molecule is C=C/C=C\C(=C)CCCCO. The summed E-state index contributed by atoms with van der Waals surface area (Å²) in [5.41, 5.74) is 1.10. The highest BCUT2D eigenvalue weighted by atomic mass is 16.2. The molecule has 0 aromatic carbocycles. The van der Waals surface area contributed by atoms with E-state index in [1.807, 2.05) is 12.2 Å². The minimum atomic E-state index is 0.276. The highest BCUT2D eigenvalue weighted by Gasteiger charge is 1.88. The molecular formula is C10H16O.